The normalized spacial score (nSPS) is 11.2. The summed E-state index contributed by atoms with van der Waals surface area (Å²) < 4.78 is 7.80. The number of nitrogens with zero attached hydrogens (tertiary/aromatic N) is 7. The number of para-hydroxylation sites is 1. The van der Waals surface area contributed by atoms with Gasteiger partial charge in [-0.3, -0.25) is 4.98 Å². The van der Waals surface area contributed by atoms with Crippen LogP contribution in [0.25, 0.3) is 50.9 Å². The molecule has 0 aliphatic carbocycles. The van der Waals surface area contributed by atoms with Gasteiger partial charge >= 0.3 is 0 Å². The van der Waals surface area contributed by atoms with Gasteiger partial charge in [-0.1, -0.05) is 53.7 Å². The molecule has 6 rings (SSSR count). The number of aromatic nitrogens is 7. The summed E-state index contributed by atoms with van der Waals surface area (Å²) in [5.74, 6) is 0.705. The molecule has 0 spiro atoms. The highest BCUT2D eigenvalue weighted by Gasteiger charge is 2.20. The van der Waals surface area contributed by atoms with Crippen molar-refractivity contribution >= 4 is 10.9 Å². The Hall–Kier alpha value is -4.72. The molecule has 2 aromatic carbocycles. The Balaban J connectivity index is 1.46. The predicted octanol–water partition coefficient (Wildman–Crippen LogP) is 4.90. The second-order valence-corrected chi connectivity index (χ2v) is 7.50. The molecule has 6 aromatic rings. The van der Waals surface area contributed by atoms with Crippen molar-refractivity contribution in [1.29, 1.82) is 0 Å². The minimum atomic E-state index is 0.305. The van der Waals surface area contributed by atoms with Crippen LogP contribution in [0.3, 0.4) is 0 Å². The molecule has 0 saturated carbocycles. The number of hydrogen-bond donors (Lipinski definition) is 0. The van der Waals surface area contributed by atoms with Crippen molar-refractivity contribution < 1.29 is 4.42 Å². The summed E-state index contributed by atoms with van der Waals surface area (Å²) in [6.07, 6.45) is 3.43. The Kier molecular flexibility index (Phi) is 4.47. The molecule has 0 unspecified atom stereocenters. The average Bonchev–Trinajstić information content (AvgIpc) is 3.51. The van der Waals surface area contributed by atoms with Gasteiger partial charge < -0.3 is 4.42 Å². The van der Waals surface area contributed by atoms with E-state index in [-0.39, 0.29) is 0 Å². The van der Waals surface area contributed by atoms with E-state index in [1.54, 1.807) is 17.1 Å². The molecule has 4 heterocycles. The standard InChI is InChI=1S/C25H17N7O/c1-16-23(28-31-32(16)18-10-7-13-26-15-18)25-30-29-24(33-25)20-14-22(17-8-3-2-4-9-17)27-21-12-6-5-11-19(20)21/h2-15H,1H3. The van der Waals surface area contributed by atoms with E-state index < -0.39 is 0 Å². The van der Waals surface area contributed by atoms with Gasteiger partial charge in [-0.2, -0.15) is 0 Å². The molecule has 8 nitrogen and oxygen atoms in total. The summed E-state index contributed by atoms with van der Waals surface area (Å²) in [7, 11) is 0. The number of benzene rings is 2. The molecule has 0 fully saturated rings. The van der Waals surface area contributed by atoms with Gasteiger partial charge in [0.1, 0.15) is 0 Å². The molecule has 0 bridgehead atoms. The molecule has 0 atom stereocenters. The lowest BCUT2D eigenvalue weighted by atomic mass is 10.0. The van der Waals surface area contributed by atoms with Crippen molar-refractivity contribution in [3.05, 3.63) is 90.9 Å². The van der Waals surface area contributed by atoms with Crippen molar-refractivity contribution in [3.63, 3.8) is 0 Å². The third-order valence-electron chi connectivity index (χ3n) is 5.43. The molecule has 0 aliphatic rings. The highest BCUT2D eigenvalue weighted by atomic mass is 16.4. The first kappa shape index (κ1) is 19.0. The van der Waals surface area contributed by atoms with Crippen LogP contribution in [0.2, 0.25) is 0 Å². The summed E-state index contributed by atoms with van der Waals surface area (Å²) >= 11 is 0. The van der Waals surface area contributed by atoms with Crippen LogP contribution in [-0.4, -0.2) is 35.2 Å². The first-order chi connectivity index (χ1) is 16.3. The van der Waals surface area contributed by atoms with Crippen LogP contribution in [0.1, 0.15) is 5.69 Å². The van der Waals surface area contributed by atoms with E-state index in [0.29, 0.717) is 17.5 Å². The lowest BCUT2D eigenvalue weighted by Crippen LogP contribution is -1.99. The second-order valence-electron chi connectivity index (χ2n) is 7.50. The number of hydrogen-bond acceptors (Lipinski definition) is 7. The fourth-order valence-corrected chi connectivity index (χ4v) is 3.79. The predicted molar refractivity (Wildman–Crippen MR) is 123 cm³/mol. The molecule has 0 aliphatic heterocycles. The summed E-state index contributed by atoms with van der Waals surface area (Å²) in [5, 5.41) is 18.1. The van der Waals surface area contributed by atoms with Crippen molar-refractivity contribution in [2.24, 2.45) is 0 Å². The lowest BCUT2D eigenvalue weighted by molar-refractivity contribution is 0.582. The van der Waals surface area contributed by atoms with E-state index in [2.05, 4.69) is 25.5 Å². The summed E-state index contributed by atoms with van der Waals surface area (Å²) in [4.78, 5) is 8.97. The van der Waals surface area contributed by atoms with Crippen molar-refractivity contribution in [2.75, 3.05) is 0 Å². The van der Waals surface area contributed by atoms with Crippen molar-refractivity contribution in [3.8, 4) is 40.0 Å². The largest absolute Gasteiger partial charge is 0.414 e. The van der Waals surface area contributed by atoms with Gasteiger partial charge in [-0.05, 0) is 31.2 Å². The Morgan fingerprint density at radius 2 is 1.64 bits per heavy atom. The van der Waals surface area contributed by atoms with Crippen LogP contribution >= 0.6 is 0 Å². The highest BCUT2D eigenvalue weighted by Crippen LogP contribution is 2.33. The van der Waals surface area contributed by atoms with Gasteiger partial charge in [-0.15, -0.1) is 15.3 Å². The average molecular weight is 431 g/mol. The van der Waals surface area contributed by atoms with Gasteiger partial charge in [-0.25, -0.2) is 9.67 Å². The molecule has 4 aromatic heterocycles. The van der Waals surface area contributed by atoms with Gasteiger partial charge in [0.25, 0.3) is 5.89 Å². The molecule has 0 radical (unpaired) electrons. The first-order valence-electron chi connectivity index (χ1n) is 10.4. The van der Waals surface area contributed by atoms with E-state index in [9.17, 15) is 0 Å². The minimum Gasteiger partial charge on any atom is -0.414 e. The zero-order valence-corrected chi connectivity index (χ0v) is 17.6. The minimum absolute atomic E-state index is 0.305. The van der Waals surface area contributed by atoms with Crippen LogP contribution in [0.5, 0.6) is 0 Å². The summed E-state index contributed by atoms with van der Waals surface area (Å²) in [5.41, 5.74) is 5.63. The van der Waals surface area contributed by atoms with Crippen molar-refractivity contribution in [2.45, 2.75) is 6.92 Å². The maximum Gasteiger partial charge on any atom is 0.270 e. The van der Waals surface area contributed by atoms with Crippen LogP contribution in [-0.2, 0) is 0 Å². The molecule has 33 heavy (non-hydrogen) atoms. The number of fused-ring (bicyclic) bond motifs is 1. The SMILES string of the molecule is Cc1c(-c2nnc(-c3cc(-c4ccccc4)nc4ccccc34)o2)nnn1-c1cccnc1. The maximum atomic E-state index is 6.10. The summed E-state index contributed by atoms with van der Waals surface area (Å²) in [6, 6.07) is 23.7. The Labute approximate surface area is 188 Å². The van der Waals surface area contributed by atoms with E-state index in [1.807, 2.05) is 79.7 Å². The maximum absolute atomic E-state index is 6.10. The van der Waals surface area contributed by atoms with Crippen LogP contribution in [0.4, 0.5) is 0 Å². The molecule has 0 N–H and O–H groups in total. The van der Waals surface area contributed by atoms with Crippen LogP contribution in [0.15, 0.2) is 89.6 Å². The lowest BCUT2D eigenvalue weighted by Gasteiger charge is -2.07. The zero-order chi connectivity index (χ0) is 22.2. The van der Waals surface area contributed by atoms with Crippen molar-refractivity contribution in [1.82, 2.24) is 35.2 Å². The van der Waals surface area contributed by atoms with Gasteiger partial charge in [0.05, 0.1) is 34.4 Å². The molecule has 0 amide bonds. The van der Waals surface area contributed by atoms with Gasteiger partial charge in [0.2, 0.25) is 5.89 Å². The Bertz CT molecular complexity index is 1570. The molecular formula is C25H17N7O. The van der Waals surface area contributed by atoms with E-state index in [4.69, 9.17) is 9.40 Å². The number of pyridine rings is 2. The Morgan fingerprint density at radius 3 is 2.48 bits per heavy atom. The topological polar surface area (TPSA) is 95.4 Å². The first-order valence-corrected chi connectivity index (χ1v) is 10.4. The quantitative estimate of drug-likeness (QED) is 0.392. The van der Waals surface area contributed by atoms with Crippen LogP contribution in [0, 0.1) is 6.92 Å². The third-order valence-corrected chi connectivity index (χ3v) is 5.43. The molecule has 0 saturated heterocycles. The van der Waals surface area contributed by atoms with Crippen LogP contribution < -0.4 is 0 Å². The summed E-state index contributed by atoms with van der Waals surface area (Å²) in [6.45, 7) is 1.90. The number of rotatable bonds is 4. The fraction of sp³-hybridized carbons (Fsp3) is 0.0400. The third kappa shape index (κ3) is 3.34. The smallest absolute Gasteiger partial charge is 0.270 e. The van der Waals surface area contributed by atoms with E-state index >= 15 is 0 Å². The monoisotopic (exact) mass is 431 g/mol. The molecule has 8 heteroatoms. The second kappa shape index (κ2) is 7.76. The fourth-order valence-electron chi connectivity index (χ4n) is 3.79. The van der Waals surface area contributed by atoms with E-state index in [0.717, 1.165) is 39.1 Å². The Morgan fingerprint density at radius 1 is 0.818 bits per heavy atom. The van der Waals surface area contributed by atoms with E-state index in [1.165, 1.54) is 0 Å². The van der Waals surface area contributed by atoms with Gasteiger partial charge in [0, 0.05) is 17.1 Å². The molecular weight excluding hydrogens is 414 g/mol. The zero-order valence-electron chi connectivity index (χ0n) is 17.6. The highest BCUT2D eigenvalue weighted by molar-refractivity contribution is 5.94. The molecule has 158 valence electrons. The van der Waals surface area contributed by atoms with Gasteiger partial charge in [0.15, 0.2) is 5.69 Å².